The number of amides is 3. The maximum Gasteiger partial charge on any atom is 0.326 e. The molecule has 164 valence electrons. The molecule has 0 aliphatic carbocycles. The van der Waals surface area contributed by atoms with Gasteiger partial charge in [0.2, 0.25) is 17.7 Å². The van der Waals surface area contributed by atoms with Gasteiger partial charge in [-0.1, -0.05) is 20.3 Å². The molecular formula is C18H30N4O7. The van der Waals surface area contributed by atoms with Gasteiger partial charge in [0.1, 0.15) is 18.1 Å². The molecule has 6 N–H and O–H groups in total. The predicted octanol–water partition coefficient (Wildman–Crippen LogP) is -1.10. The molecule has 1 fully saturated rings. The first-order valence-electron chi connectivity index (χ1n) is 9.60. The van der Waals surface area contributed by atoms with Crippen molar-refractivity contribution in [1.29, 1.82) is 0 Å². The predicted molar refractivity (Wildman–Crippen MR) is 102 cm³/mol. The minimum atomic E-state index is -1.60. The fourth-order valence-electron chi connectivity index (χ4n) is 3.09. The Morgan fingerprint density at radius 1 is 1.14 bits per heavy atom. The Hall–Kier alpha value is -2.69. The quantitative estimate of drug-likeness (QED) is 0.299. The highest BCUT2D eigenvalue weighted by atomic mass is 16.4. The smallest absolute Gasteiger partial charge is 0.326 e. The second kappa shape index (κ2) is 10.7. The average molecular weight is 414 g/mol. The third-order valence-electron chi connectivity index (χ3n) is 5.02. The van der Waals surface area contributed by atoms with Gasteiger partial charge in [0, 0.05) is 6.54 Å². The molecular weight excluding hydrogens is 384 g/mol. The third-order valence-corrected chi connectivity index (χ3v) is 5.02. The lowest BCUT2D eigenvalue weighted by Crippen LogP contribution is -2.58. The highest BCUT2D eigenvalue weighted by Crippen LogP contribution is 2.21. The molecule has 5 unspecified atom stereocenters. The average Bonchev–Trinajstić information content (AvgIpc) is 3.13. The molecule has 0 spiro atoms. The third kappa shape index (κ3) is 6.70. The Kier molecular flexibility index (Phi) is 9.02. The number of carboxylic acids is 2. The number of likely N-dealkylation sites (tertiary alicyclic amines) is 1. The Morgan fingerprint density at radius 2 is 1.76 bits per heavy atom. The summed E-state index contributed by atoms with van der Waals surface area (Å²) < 4.78 is 0. The number of rotatable bonds is 10. The number of carbonyl (C=O) groups excluding carboxylic acids is 3. The van der Waals surface area contributed by atoms with Crippen molar-refractivity contribution >= 4 is 29.7 Å². The van der Waals surface area contributed by atoms with Crippen LogP contribution in [0.4, 0.5) is 0 Å². The first kappa shape index (κ1) is 24.3. The Morgan fingerprint density at radius 3 is 2.24 bits per heavy atom. The van der Waals surface area contributed by atoms with Gasteiger partial charge in [0.25, 0.3) is 0 Å². The molecule has 1 saturated heterocycles. The molecule has 0 aromatic heterocycles. The van der Waals surface area contributed by atoms with Gasteiger partial charge in [-0.15, -0.1) is 0 Å². The number of hydrogen-bond acceptors (Lipinski definition) is 6. The van der Waals surface area contributed by atoms with E-state index in [0.29, 0.717) is 19.3 Å². The van der Waals surface area contributed by atoms with Crippen molar-refractivity contribution in [2.75, 3.05) is 6.54 Å². The summed E-state index contributed by atoms with van der Waals surface area (Å²) in [6.07, 6.45) is 0.655. The summed E-state index contributed by atoms with van der Waals surface area (Å²) >= 11 is 0. The molecule has 29 heavy (non-hydrogen) atoms. The zero-order valence-electron chi connectivity index (χ0n) is 16.9. The van der Waals surface area contributed by atoms with Crippen molar-refractivity contribution in [3.63, 3.8) is 0 Å². The van der Waals surface area contributed by atoms with E-state index in [1.54, 1.807) is 6.92 Å². The van der Waals surface area contributed by atoms with Crippen molar-refractivity contribution in [2.45, 2.75) is 70.6 Å². The standard InChI is InChI=1S/C18H30N4O7/c1-4-9(2)14(21-15(25)10(3)19)17(27)22-7-5-6-12(22)16(26)20-11(18(28)29)8-13(23)24/h9-12,14H,4-8,19H2,1-3H3,(H,20,26)(H,21,25)(H,23,24)(H,28,29). The van der Waals surface area contributed by atoms with Crippen LogP contribution >= 0.6 is 0 Å². The maximum atomic E-state index is 13.1. The molecule has 0 saturated carbocycles. The van der Waals surface area contributed by atoms with Crippen molar-refractivity contribution in [3.8, 4) is 0 Å². The highest BCUT2D eigenvalue weighted by molar-refractivity contribution is 5.95. The Bertz CT molecular complexity index is 652. The van der Waals surface area contributed by atoms with Crippen LogP contribution in [0.5, 0.6) is 0 Å². The van der Waals surface area contributed by atoms with Crippen molar-refractivity contribution < 1.29 is 34.2 Å². The summed E-state index contributed by atoms with van der Waals surface area (Å²) in [5.41, 5.74) is 5.57. The van der Waals surface area contributed by atoms with Gasteiger partial charge in [-0.2, -0.15) is 0 Å². The molecule has 3 amide bonds. The SMILES string of the molecule is CCC(C)C(NC(=O)C(C)N)C(=O)N1CCCC1C(=O)NC(CC(=O)O)C(=O)O. The monoisotopic (exact) mass is 414 g/mol. The van der Waals surface area contributed by atoms with Crippen LogP contribution in [0.15, 0.2) is 0 Å². The lowest BCUT2D eigenvalue weighted by molar-refractivity contribution is -0.148. The van der Waals surface area contributed by atoms with Gasteiger partial charge >= 0.3 is 11.9 Å². The molecule has 1 aliphatic heterocycles. The van der Waals surface area contributed by atoms with Gasteiger partial charge in [0.05, 0.1) is 12.5 Å². The van der Waals surface area contributed by atoms with Crippen LogP contribution < -0.4 is 16.4 Å². The summed E-state index contributed by atoms with van der Waals surface area (Å²) in [4.78, 5) is 61.0. The van der Waals surface area contributed by atoms with Crippen LogP contribution in [0.25, 0.3) is 0 Å². The first-order valence-corrected chi connectivity index (χ1v) is 9.60. The number of nitrogens with zero attached hydrogens (tertiary/aromatic N) is 1. The van der Waals surface area contributed by atoms with E-state index < -0.39 is 60.2 Å². The van der Waals surface area contributed by atoms with Crippen LogP contribution in [0, 0.1) is 5.92 Å². The normalized spacial score (nSPS) is 20.3. The van der Waals surface area contributed by atoms with E-state index in [-0.39, 0.29) is 12.5 Å². The number of carbonyl (C=O) groups is 5. The summed E-state index contributed by atoms with van der Waals surface area (Å²) in [6.45, 7) is 5.42. The number of nitrogens with two attached hydrogens (primary N) is 1. The van der Waals surface area contributed by atoms with Crippen molar-refractivity contribution in [1.82, 2.24) is 15.5 Å². The lowest BCUT2D eigenvalue weighted by Gasteiger charge is -2.32. The van der Waals surface area contributed by atoms with Gasteiger partial charge in [-0.3, -0.25) is 19.2 Å². The fourth-order valence-corrected chi connectivity index (χ4v) is 3.09. The minimum absolute atomic E-state index is 0.215. The van der Waals surface area contributed by atoms with Gasteiger partial charge in [-0.25, -0.2) is 4.79 Å². The van der Waals surface area contributed by atoms with Crippen LogP contribution in [0.3, 0.4) is 0 Å². The van der Waals surface area contributed by atoms with E-state index in [9.17, 15) is 24.0 Å². The van der Waals surface area contributed by atoms with Crippen LogP contribution in [-0.2, 0) is 24.0 Å². The molecule has 11 heteroatoms. The summed E-state index contributed by atoms with van der Waals surface area (Å²) in [7, 11) is 0. The molecule has 0 aromatic carbocycles. The van der Waals surface area contributed by atoms with E-state index in [1.807, 2.05) is 6.92 Å². The maximum absolute atomic E-state index is 13.1. The van der Waals surface area contributed by atoms with E-state index in [1.165, 1.54) is 11.8 Å². The van der Waals surface area contributed by atoms with Crippen molar-refractivity contribution in [3.05, 3.63) is 0 Å². The minimum Gasteiger partial charge on any atom is -0.481 e. The van der Waals surface area contributed by atoms with Crippen LogP contribution in [-0.4, -0.2) is 75.5 Å². The molecule has 1 aliphatic rings. The summed E-state index contributed by atoms with van der Waals surface area (Å²) in [6, 6.07) is -4.21. The fraction of sp³-hybridized carbons (Fsp3) is 0.722. The zero-order chi connectivity index (χ0) is 22.3. The first-order chi connectivity index (χ1) is 13.5. The number of carboxylic acid groups (broad SMARTS) is 2. The lowest BCUT2D eigenvalue weighted by atomic mass is 9.97. The van der Waals surface area contributed by atoms with E-state index in [0.717, 1.165) is 0 Å². The highest BCUT2D eigenvalue weighted by Gasteiger charge is 2.40. The molecule has 0 bridgehead atoms. The largest absolute Gasteiger partial charge is 0.481 e. The van der Waals surface area contributed by atoms with Gasteiger partial charge in [0.15, 0.2) is 0 Å². The number of aliphatic carboxylic acids is 2. The summed E-state index contributed by atoms with van der Waals surface area (Å²) in [5.74, 6) is -4.72. The van der Waals surface area contributed by atoms with E-state index in [2.05, 4.69) is 10.6 Å². The molecule has 5 atom stereocenters. The topological polar surface area (TPSA) is 179 Å². The van der Waals surface area contributed by atoms with Crippen LogP contribution in [0.2, 0.25) is 0 Å². The number of hydrogen-bond donors (Lipinski definition) is 5. The van der Waals surface area contributed by atoms with Crippen molar-refractivity contribution in [2.24, 2.45) is 11.7 Å². The number of nitrogens with one attached hydrogen (secondary N) is 2. The van der Waals surface area contributed by atoms with Gasteiger partial charge < -0.3 is 31.5 Å². The zero-order valence-corrected chi connectivity index (χ0v) is 16.9. The second-order valence-corrected chi connectivity index (χ2v) is 7.35. The molecule has 1 rings (SSSR count). The van der Waals surface area contributed by atoms with E-state index in [4.69, 9.17) is 15.9 Å². The van der Waals surface area contributed by atoms with E-state index >= 15 is 0 Å². The Balaban J connectivity index is 2.97. The Labute approximate surface area is 169 Å². The molecule has 0 aromatic rings. The molecule has 1 heterocycles. The summed E-state index contributed by atoms with van der Waals surface area (Å²) in [5, 5.41) is 22.8. The van der Waals surface area contributed by atoms with Crippen LogP contribution in [0.1, 0.15) is 46.5 Å². The second-order valence-electron chi connectivity index (χ2n) is 7.35. The van der Waals surface area contributed by atoms with Gasteiger partial charge in [-0.05, 0) is 25.7 Å². The molecule has 0 radical (unpaired) electrons. The molecule has 11 nitrogen and oxygen atoms in total.